The summed E-state index contributed by atoms with van der Waals surface area (Å²) in [6.45, 7) is 5.88. The van der Waals surface area contributed by atoms with E-state index in [0.717, 1.165) is 12.8 Å². The molecule has 0 bridgehead atoms. The zero-order chi connectivity index (χ0) is 11.0. The molecule has 14 heavy (non-hydrogen) atoms. The number of amides is 2. The Kier molecular flexibility index (Phi) is 6.80. The molecule has 82 valence electrons. The second-order valence-corrected chi connectivity index (χ2v) is 3.60. The van der Waals surface area contributed by atoms with Crippen molar-refractivity contribution in [3.8, 4) is 0 Å². The molecular weight excluding hydrogens is 180 g/mol. The summed E-state index contributed by atoms with van der Waals surface area (Å²) in [6.07, 6.45) is 2.37. The minimum Gasteiger partial charge on any atom is -0.352 e. The molecular formula is C10H20N2O2. The Morgan fingerprint density at radius 2 is 1.86 bits per heavy atom. The second kappa shape index (κ2) is 7.35. The van der Waals surface area contributed by atoms with Gasteiger partial charge in [-0.1, -0.05) is 13.3 Å². The number of rotatable bonds is 6. The molecule has 0 saturated carbocycles. The van der Waals surface area contributed by atoms with Crippen molar-refractivity contribution in [2.45, 2.75) is 46.1 Å². The first-order valence-electron chi connectivity index (χ1n) is 5.12. The van der Waals surface area contributed by atoms with Crippen LogP contribution in [0, 0.1) is 0 Å². The molecule has 0 spiro atoms. The van der Waals surface area contributed by atoms with Crippen LogP contribution < -0.4 is 10.6 Å². The Bertz CT molecular complexity index is 191. The normalized spacial score (nSPS) is 10.0. The lowest BCUT2D eigenvalue weighted by molar-refractivity contribution is -0.126. The van der Waals surface area contributed by atoms with E-state index in [1.54, 1.807) is 0 Å². The molecule has 0 aliphatic rings. The number of unbranched alkanes of at least 4 members (excludes halogenated alkanes) is 1. The van der Waals surface area contributed by atoms with Gasteiger partial charge < -0.3 is 10.6 Å². The summed E-state index contributed by atoms with van der Waals surface area (Å²) in [5.74, 6) is -0.185. The van der Waals surface area contributed by atoms with Crippen LogP contribution in [0.15, 0.2) is 0 Å². The first-order valence-corrected chi connectivity index (χ1v) is 5.12. The van der Waals surface area contributed by atoms with Crippen LogP contribution in [0.1, 0.15) is 40.0 Å². The lowest BCUT2D eigenvalue weighted by atomic mass is 10.2. The van der Waals surface area contributed by atoms with Crippen molar-refractivity contribution >= 4 is 11.8 Å². The monoisotopic (exact) mass is 200 g/mol. The van der Waals surface area contributed by atoms with Crippen LogP contribution in [0.4, 0.5) is 0 Å². The van der Waals surface area contributed by atoms with E-state index >= 15 is 0 Å². The van der Waals surface area contributed by atoms with Crippen LogP contribution in [0.25, 0.3) is 0 Å². The minimum absolute atomic E-state index is 0.0502. The first-order chi connectivity index (χ1) is 6.56. The standard InChI is InChI=1S/C10H20N2O2/c1-4-5-6-9(13)11-7-10(14)12-8(2)3/h8H,4-7H2,1-3H3,(H,11,13)(H,12,14). The third kappa shape index (κ3) is 7.58. The molecule has 0 radical (unpaired) electrons. The van der Waals surface area contributed by atoms with Gasteiger partial charge in [0.25, 0.3) is 0 Å². The molecule has 0 fully saturated rings. The highest BCUT2D eigenvalue weighted by Gasteiger charge is 2.05. The largest absolute Gasteiger partial charge is 0.352 e. The molecule has 0 unspecified atom stereocenters. The fourth-order valence-corrected chi connectivity index (χ4v) is 0.978. The van der Waals surface area contributed by atoms with Crippen molar-refractivity contribution in [3.05, 3.63) is 0 Å². The minimum atomic E-state index is -0.134. The zero-order valence-electron chi connectivity index (χ0n) is 9.22. The van der Waals surface area contributed by atoms with Gasteiger partial charge in [0.2, 0.25) is 11.8 Å². The molecule has 2 N–H and O–H groups in total. The van der Waals surface area contributed by atoms with Gasteiger partial charge in [0, 0.05) is 12.5 Å². The van der Waals surface area contributed by atoms with Crippen molar-refractivity contribution in [1.29, 1.82) is 0 Å². The van der Waals surface area contributed by atoms with Crippen LogP contribution in [0.3, 0.4) is 0 Å². The van der Waals surface area contributed by atoms with Gasteiger partial charge >= 0.3 is 0 Å². The molecule has 2 amide bonds. The first kappa shape index (κ1) is 12.9. The average molecular weight is 200 g/mol. The maximum Gasteiger partial charge on any atom is 0.239 e. The molecule has 0 aromatic rings. The number of carbonyl (C=O) groups excluding carboxylic acids is 2. The van der Waals surface area contributed by atoms with Crippen LogP contribution in [-0.4, -0.2) is 24.4 Å². The summed E-state index contributed by atoms with van der Waals surface area (Å²) in [6, 6.07) is 0.120. The van der Waals surface area contributed by atoms with E-state index in [2.05, 4.69) is 10.6 Å². The van der Waals surface area contributed by atoms with Crippen molar-refractivity contribution < 1.29 is 9.59 Å². The van der Waals surface area contributed by atoms with E-state index in [1.165, 1.54) is 0 Å². The Labute approximate surface area is 85.4 Å². The summed E-state index contributed by atoms with van der Waals surface area (Å²) in [5.41, 5.74) is 0. The molecule has 0 aliphatic carbocycles. The Morgan fingerprint density at radius 3 is 2.36 bits per heavy atom. The fraction of sp³-hybridized carbons (Fsp3) is 0.800. The molecule has 0 aromatic heterocycles. The van der Waals surface area contributed by atoms with E-state index in [4.69, 9.17) is 0 Å². The molecule has 0 atom stereocenters. The predicted molar refractivity (Wildman–Crippen MR) is 55.8 cm³/mol. The third-order valence-electron chi connectivity index (χ3n) is 1.65. The molecule has 0 aliphatic heterocycles. The van der Waals surface area contributed by atoms with Gasteiger partial charge in [-0.15, -0.1) is 0 Å². The van der Waals surface area contributed by atoms with E-state index in [0.29, 0.717) is 6.42 Å². The van der Waals surface area contributed by atoms with Gasteiger partial charge in [0.1, 0.15) is 0 Å². The number of hydrogen-bond acceptors (Lipinski definition) is 2. The van der Waals surface area contributed by atoms with Crippen LogP contribution in [-0.2, 0) is 9.59 Å². The zero-order valence-corrected chi connectivity index (χ0v) is 9.22. The van der Waals surface area contributed by atoms with E-state index in [9.17, 15) is 9.59 Å². The summed E-state index contributed by atoms with van der Waals surface area (Å²) < 4.78 is 0. The molecule has 4 heteroatoms. The summed E-state index contributed by atoms with van der Waals surface area (Å²) >= 11 is 0. The second-order valence-electron chi connectivity index (χ2n) is 3.60. The van der Waals surface area contributed by atoms with Crippen LogP contribution in [0.2, 0.25) is 0 Å². The van der Waals surface area contributed by atoms with Crippen molar-refractivity contribution in [2.24, 2.45) is 0 Å². The lowest BCUT2D eigenvalue weighted by Gasteiger charge is -2.08. The van der Waals surface area contributed by atoms with Gasteiger partial charge in [0.05, 0.1) is 6.54 Å². The highest BCUT2D eigenvalue weighted by molar-refractivity contribution is 5.84. The lowest BCUT2D eigenvalue weighted by Crippen LogP contribution is -2.39. The topological polar surface area (TPSA) is 58.2 Å². The molecule has 4 nitrogen and oxygen atoms in total. The highest BCUT2D eigenvalue weighted by Crippen LogP contribution is 1.92. The van der Waals surface area contributed by atoms with E-state index in [-0.39, 0.29) is 24.4 Å². The summed E-state index contributed by atoms with van der Waals surface area (Å²) in [4.78, 5) is 22.2. The quantitative estimate of drug-likeness (QED) is 0.667. The Morgan fingerprint density at radius 1 is 1.21 bits per heavy atom. The third-order valence-corrected chi connectivity index (χ3v) is 1.65. The maximum absolute atomic E-state index is 11.1. The van der Waals surface area contributed by atoms with Crippen molar-refractivity contribution in [3.63, 3.8) is 0 Å². The maximum atomic E-state index is 11.1. The van der Waals surface area contributed by atoms with Crippen molar-refractivity contribution in [1.82, 2.24) is 10.6 Å². The van der Waals surface area contributed by atoms with Crippen LogP contribution in [0.5, 0.6) is 0 Å². The predicted octanol–water partition coefficient (Wildman–Crippen LogP) is 0.817. The number of nitrogens with one attached hydrogen (secondary N) is 2. The molecule has 0 heterocycles. The van der Waals surface area contributed by atoms with Gasteiger partial charge in [-0.2, -0.15) is 0 Å². The SMILES string of the molecule is CCCCC(=O)NCC(=O)NC(C)C. The molecule has 0 aromatic carbocycles. The Balaban J connectivity index is 3.51. The number of carbonyl (C=O) groups is 2. The van der Waals surface area contributed by atoms with Gasteiger partial charge in [-0.3, -0.25) is 9.59 Å². The summed E-state index contributed by atoms with van der Waals surface area (Å²) in [7, 11) is 0. The molecule has 0 rings (SSSR count). The number of hydrogen-bond donors (Lipinski definition) is 2. The smallest absolute Gasteiger partial charge is 0.239 e. The molecule has 0 saturated heterocycles. The summed E-state index contributed by atoms with van der Waals surface area (Å²) in [5, 5.41) is 5.27. The van der Waals surface area contributed by atoms with Crippen LogP contribution >= 0.6 is 0 Å². The van der Waals surface area contributed by atoms with Gasteiger partial charge in [-0.25, -0.2) is 0 Å². The Hall–Kier alpha value is -1.06. The average Bonchev–Trinajstić information content (AvgIpc) is 2.10. The van der Waals surface area contributed by atoms with E-state index < -0.39 is 0 Å². The van der Waals surface area contributed by atoms with Crippen molar-refractivity contribution in [2.75, 3.05) is 6.54 Å². The van der Waals surface area contributed by atoms with Gasteiger partial charge in [0.15, 0.2) is 0 Å². The van der Waals surface area contributed by atoms with Gasteiger partial charge in [-0.05, 0) is 20.3 Å². The highest BCUT2D eigenvalue weighted by atomic mass is 16.2. The fourth-order valence-electron chi connectivity index (χ4n) is 0.978. The van der Waals surface area contributed by atoms with E-state index in [1.807, 2.05) is 20.8 Å².